The molecule has 1 fully saturated rings. The van der Waals surface area contributed by atoms with Crippen molar-refractivity contribution in [1.29, 1.82) is 0 Å². The molecule has 3 aliphatic rings. The van der Waals surface area contributed by atoms with Crippen LogP contribution in [0, 0.1) is 0 Å². The van der Waals surface area contributed by atoms with E-state index in [-0.39, 0.29) is 23.5 Å². The molecule has 148 valence electrons. The van der Waals surface area contributed by atoms with Crippen molar-refractivity contribution in [3.63, 3.8) is 0 Å². The van der Waals surface area contributed by atoms with Crippen LogP contribution in [0.3, 0.4) is 0 Å². The molecule has 6 heteroatoms. The largest absolute Gasteiger partial charge is 0.378 e. The lowest BCUT2D eigenvalue weighted by Gasteiger charge is -2.40. The molecule has 1 spiro atoms. The maximum Gasteiger partial charge on any atom is 0.290 e. The molecule has 0 saturated carbocycles. The van der Waals surface area contributed by atoms with Gasteiger partial charge in [0.25, 0.3) is 5.91 Å². The highest BCUT2D eigenvalue weighted by Crippen LogP contribution is 2.51. The summed E-state index contributed by atoms with van der Waals surface area (Å²) in [5.74, 6) is 0.205. The van der Waals surface area contributed by atoms with Crippen LogP contribution < -0.4 is 10.6 Å². The number of rotatable bonds is 3. The number of hydrogen-bond acceptors (Lipinski definition) is 5. The van der Waals surface area contributed by atoms with E-state index in [1.54, 1.807) is 7.11 Å². The Balaban J connectivity index is 1.49. The summed E-state index contributed by atoms with van der Waals surface area (Å²) < 4.78 is 11.5. The number of carbonyl (C=O) groups excluding carboxylic acids is 1. The summed E-state index contributed by atoms with van der Waals surface area (Å²) in [6.07, 6.45) is 5.88. The second kappa shape index (κ2) is 7.01. The molecule has 5 rings (SSSR count). The van der Waals surface area contributed by atoms with Gasteiger partial charge >= 0.3 is 0 Å². The molecule has 2 N–H and O–H groups in total. The van der Waals surface area contributed by atoms with E-state index < -0.39 is 0 Å². The Bertz CT molecular complexity index is 885. The summed E-state index contributed by atoms with van der Waals surface area (Å²) in [4.78, 5) is 13.2. The van der Waals surface area contributed by atoms with Gasteiger partial charge in [-0.05, 0) is 62.7 Å². The number of nitrogens with one attached hydrogen (secondary N) is 2. The zero-order chi connectivity index (χ0) is 19.1. The van der Waals surface area contributed by atoms with Crippen molar-refractivity contribution in [3.05, 3.63) is 52.4 Å². The molecule has 0 radical (unpaired) electrons. The molecule has 6 nitrogen and oxygen atoms in total. The van der Waals surface area contributed by atoms with Gasteiger partial charge in [0.2, 0.25) is 5.76 Å². The van der Waals surface area contributed by atoms with Crippen molar-refractivity contribution >= 4 is 5.91 Å². The topological polar surface area (TPSA) is 76.4 Å². The maximum atomic E-state index is 13.2. The lowest BCUT2D eigenvalue weighted by Crippen LogP contribution is -2.49. The Kier molecular flexibility index (Phi) is 4.48. The molecule has 2 aliphatic carbocycles. The average molecular weight is 381 g/mol. The van der Waals surface area contributed by atoms with Gasteiger partial charge in [-0.15, -0.1) is 0 Å². The number of ether oxygens (including phenoxy) is 1. The molecule has 0 unspecified atom stereocenters. The number of methoxy groups -OCH3 is 1. The fourth-order valence-corrected chi connectivity index (χ4v) is 5.57. The number of aryl methyl sites for hydroxylation is 1. The maximum absolute atomic E-state index is 13.2. The number of fused-ring (bicyclic) bond motifs is 3. The van der Waals surface area contributed by atoms with Gasteiger partial charge in [-0.1, -0.05) is 29.4 Å². The van der Waals surface area contributed by atoms with Crippen molar-refractivity contribution in [2.75, 3.05) is 20.2 Å². The first-order chi connectivity index (χ1) is 13.7. The summed E-state index contributed by atoms with van der Waals surface area (Å²) in [5, 5.41) is 10.8. The SMILES string of the molecule is CO[C@H]1[C@H](NC(=O)c2onc3c2CCCC3)c2ccccc2C12CCNCC2. The minimum atomic E-state index is -0.184. The predicted molar refractivity (Wildman–Crippen MR) is 104 cm³/mol. The normalized spacial score (nSPS) is 25.3. The minimum absolute atomic E-state index is 0.0601. The third-order valence-corrected chi connectivity index (χ3v) is 6.88. The second-order valence-corrected chi connectivity index (χ2v) is 8.24. The third-order valence-electron chi connectivity index (χ3n) is 6.88. The smallest absolute Gasteiger partial charge is 0.290 e. The number of hydrogen-bond donors (Lipinski definition) is 2. The van der Waals surface area contributed by atoms with Crippen LogP contribution >= 0.6 is 0 Å². The standard InChI is InChI=1S/C22H27N3O3/c1-27-20-18(24-21(26)19-15-7-3-5-9-17(15)25-28-19)14-6-2-4-8-16(14)22(20)10-12-23-13-11-22/h2,4,6,8,18,20,23H,3,5,7,9-13H2,1H3,(H,24,26)/t18-,20+/m1/s1. The Labute approximate surface area is 165 Å². The van der Waals surface area contributed by atoms with E-state index in [0.29, 0.717) is 5.76 Å². The summed E-state index contributed by atoms with van der Waals surface area (Å²) in [6, 6.07) is 8.28. The molecule has 2 aromatic rings. The van der Waals surface area contributed by atoms with Crippen molar-refractivity contribution in [3.8, 4) is 0 Å². The van der Waals surface area contributed by atoms with Gasteiger partial charge in [-0.2, -0.15) is 0 Å². The van der Waals surface area contributed by atoms with E-state index in [2.05, 4.69) is 34.0 Å². The Morgan fingerprint density at radius 3 is 2.86 bits per heavy atom. The van der Waals surface area contributed by atoms with Crippen molar-refractivity contribution in [2.45, 2.75) is 56.1 Å². The van der Waals surface area contributed by atoms with Gasteiger partial charge in [0.05, 0.1) is 17.8 Å². The molecular weight excluding hydrogens is 354 g/mol. The van der Waals surface area contributed by atoms with E-state index in [0.717, 1.165) is 68.4 Å². The number of amides is 1. The van der Waals surface area contributed by atoms with E-state index in [1.807, 2.05) is 6.07 Å². The molecule has 1 aliphatic heterocycles. The fourth-order valence-electron chi connectivity index (χ4n) is 5.57. The van der Waals surface area contributed by atoms with E-state index in [1.165, 1.54) is 5.56 Å². The molecule has 2 heterocycles. The zero-order valence-corrected chi connectivity index (χ0v) is 16.3. The van der Waals surface area contributed by atoms with Crippen LogP contribution in [0.25, 0.3) is 0 Å². The molecule has 28 heavy (non-hydrogen) atoms. The fraction of sp³-hybridized carbons (Fsp3) is 0.545. The number of carbonyl (C=O) groups is 1. The van der Waals surface area contributed by atoms with Crippen molar-refractivity contribution < 1.29 is 14.1 Å². The third kappa shape index (κ3) is 2.62. The Morgan fingerprint density at radius 2 is 2.04 bits per heavy atom. The number of nitrogens with zero attached hydrogens (tertiary/aromatic N) is 1. The molecule has 0 bridgehead atoms. The number of benzene rings is 1. The first kappa shape index (κ1) is 17.9. The van der Waals surface area contributed by atoms with E-state index in [9.17, 15) is 4.79 Å². The van der Waals surface area contributed by atoms with Crippen LogP contribution in [-0.4, -0.2) is 37.4 Å². The molecular formula is C22H27N3O3. The molecule has 1 saturated heterocycles. The monoisotopic (exact) mass is 381 g/mol. The first-order valence-corrected chi connectivity index (χ1v) is 10.4. The number of piperidine rings is 1. The molecule has 2 atom stereocenters. The van der Waals surface area contributed by atoms with Crippen LogP contribution in [0.4, 0.5) is 0 Å². The van der Waals surface area contributed by atoms with Gasteiger partial charge < -0.3 is 19.9 Å². The van der Waals surface area contributed by atoms with Crippen LogP contribution in [0.15, 0.2) is 28.8 Å². The van der Waals surface area contributed by atoms with E-state index in [4.69, 9.17) is 9.26 Å². The van der Waals surface area contributed by atoms with Gasteiger partial charge in [0.15, 0.2) is 0 Å². The lowest BCUT2D eigenvalue weighted by molar-refractivity contribution is 0.00363. The highest BCUT2D eigenvalue weighted by molar-refractivity contribution is 5.93. The van der Waals surface area contributed by atoms with Crippen LogP contribution in [0.2, 0.25) is 0 Å². The van der Waals surface area contributed by atoms with Gasteiger partial charge in [0.1, 0.15) is 0 Å². The minimum Gasteiger partial charge on any atom is -0.378 e. The predicted octanol–water partition coefficient (Wildman–Crippen LogP) is 2.67. The van der Waals surface area contributed by atoms with Crippen LogP contribution in [-0.2, 0) is 23.0 Å². The summed E-state index contributed by atoms with van der Waals surface area (Å²) in [5.41, 5.74) is 4.35. The van der Waals surface area contributed by atoms with Crippen LogP contribution in [0.5, 0.6) is 0 Å². The van der Waals surface area contributed by atoms with Crippen molar-refractivity contribution in [1.82, 2.24) is 15.8 Å². The molecule has 1 aromatic heterocycles. The van der Waals surface area contributed by atoms with Gasteiger partial charge in [0, 0.05) is 18.1 Å². The summed E-state index contributed by atoms with van der Waals surface area (Å²) >= 11 is 0. The second-order valence-electron chi connectivity index (χ2n) is 8.24. The van der Waals surface area contributed by atoms with Crippen molar-refractivity contribution in [2.24, 2.45) is 0 Å². The van der Waals surface area contributed by atoms with E-state index >= 15 is 0 Å². The summed E-state index contributed by atoms with van der Waals surface area (Å²) in [6.45, 7) is 1.93. The Morgan fingerprint density at radius 1 is 1.25 bits per heavy atom. The lowest BCUT2D eigenvalue weighted by atomic mass is 9.72. The molecule has 1 aromatic carbocycles. The van der Waals surface area contributed by atoms with Gasteiger partial charge in [-0.3, -0.25) is 4.79 Å². The van der Waals surface area contributed by atoms with Crippen LogP contribution in [0.1, 0.15) is 64.7 Å². The zero-order valence-electron chi connectivity index (χ0n) is 16.3. The first-order valence-electron chi connectivity index (χ1n) is 10.4. The van der Waals surface area contributed by atoms with Gasteiger partial charge in [-0.25, -0.2) is 0 Å². The highest BCUT2D eigenvalue weighted by atomic mass is 16.5. The Hall–Kier alpha value is -2.18. The summed E-state index contributed by atoms with van der Waals surface area (Å²) in [7, 11) is 1.76. The quantitative estimate of drug-likeness (QED) is 0.855. The molecule has 1 amide bonds. The average Bonchev–Trinajstić information content (AvgIpc) is 3.27. The number of aromatic nitrogens is 1. The highest BCUT2D eigenvalue weighted by Gasteiger charge is 2.53.